The molecule has 0 radical (unpaired) electrons. The maximum Gasteiger partial charge on any atom is 0.150 e. The van der Waals surface area contributed by atoms with Gasteiger partial charge in [-0.05, 0) is 11.4 Å². The van der Waals surface area contributed by atoms with Crippen LogP contribution in [0, 0.1) is 0 Å². The van der Waals surface area contributed by atoms with E-state index in [1.54, 1.807) is 0 Å². The highest BCUT2D eigenvalue weighted by atomic mass is 32.2. The van der Waals surface area contributed by atoms with Crippen LogP contribution in [0.5, 0.6) is 0 Å². The van der Waals surface area contributed by atoms with Crippen molar-refractivity contribution in [1.29, 1.82) is 0 Å². The molecule has 0 aliphatic rings. The number of nitrogens with two attached hydrogens (primary N) is 1. The van der Waals surface area contributed by atoms with Crippen LogP contribution in [0.3, 0.4) is 0 Å². The molecule has 1 heterocycles. The van der Waals surface area contributed by atoms with Gasteiger partial charge in [0, 0.05) is 23.6 Å². The summed E-state index contributed by atoms with van der Waals surface area (Å²) in [5, 5.41) is 11.6. The summed E-state index contributed by atoms with van der Waals surface area (Å²) in [5.74, 6) is -0.535. The lowest BCUT2D eigenvalue weighted by Crippen LogP contribution is -2.31. The van der Waals surface area contributed by atoms with Gasteiger partial charge in [-0.3, -0.25) is 0 Å². The Kier molecular flexibility index (Phi) is 4.27. The number of hydrogen-bond acceptors (Lipinski definition) is 5. The van der Waals surface area contributed by atoms with E-state index in [0.29, 0.717) is 0 Å². The van der Waals surface area contributed by atoms with Gasteiger partial charge in [-0.15, -0.1) is 11.3 Å². The van der Waals surface area contributed by atoms with Crippen LogP contribution in [0.2, 0.25) is 0 Å². The van der Waals surface area contributed by atoms with Crippen LogP contribution >= 0.6 is 11.3 Å². The largest absolute Gasteiger partial charge is 0.391 e. The first kappa shape index (κ1) is 12.6. The molecule has 0 aliphatic heterocycles. The molecule has 0 bridgehead atoms. The average molecular weight is 249 g/mol. The Balaban J connectivity index is 2.76. The van der Waals surface area contributed by atoms with Crippen LogP contribution in [0.15, 0.2) is 17.5 Å². The van der Waals surface area contributed by atoms with E-state index in [4.69, 9.17) is 5.73 Å². The number of thiophene rings is 1. The Bertz CT molecular complexity index is 385. The number of aliphatic hydroxyl groups excluding tert-OH is 1. The summed E-state index contributed by atoms with van der Waals surface area (Å²) in [6.07, 6.45) is 0.182. The van der Waals surface area contributed by atoms with E-state index < -0.39 is 15.9 Å². The normalized spacial score (nSPS) is 16.2. The van der Waals surface area contributed by atoms with Crippen molar-refractivity contribution in [1.82, 2.24) is 0 Å². The monoisotopic (exact) mass is 249 g/mol. The molecule has 0 spiro atoms. The predicted octanol–water partition coefficient (Wildman–Crippen LogP) is 0.196. The van der Waals surface area contributed by atoms with Crippen molar-refractivity contribution in [2.45, 2.75) is 12.0 Å². The van der Waals surface area contributed by atoms with Gasteiger partial charge >= 0.3 is 0 Å². The van der Waals surface area contributed by atoms with Crippen molar-refractivity contribution < 1.29 is 13.5 Å². The van der Waals surface area contributed by atoms with E-state index in [1.807, 2.05) is 17.5 Å². The summed E-state index contributed by atoms with van der Waals surface area (Å²) in [6, 6.07) is 3.71. The third-order valence-electron chi connectivity index (χ3n) is 2.10. The second-order valence-corrected chi connectivity index (χ2v) is 6.68. The van der Waals surface area contributed by atoms with Gasteiger partial charge in [0.2, 0.25) is 0 Å². The van der Waals surface area contributed by atoms with Crippen LogP contribution in [-0.4, -0.2) is 38.2 Å². The quantitative estimate of drug-likeness (QED) is 0.781. The van der Waals surface area contributed by atoms with Crippen molar-refractivity contribution in [2.75, 3.05) is 18.6 Å². The fourth-order valence-corrected chi connectivity index (χ4v) is 3.14. The lowest BCUT2D eigenvalue weighted by Gasteiger charge is -2.19. The number of sulfone groups is 1. The fraction of sp³-hybridized carbons (Fsp3) is 0.556. The molecule has 6 heteroatoms. The molecule has 1 aromatic heterocycles. The minimum absolute atomic E-state index is 0.243. The summed E-state index contributed by atoms with van der Waals surface area (Å²) in [7, 11) is -3.17. The highest BCUT2D eigenvalue weighted by molar-refractivity contribution is 7.90. The third kappa shape index (κ3) is 3.90. The molecule has 86 valence electrons. The van der Waals surface area contributed by atoms with Crippen LogP contribution < -0.4 is 5.73 Å². The first-order valence-electron chi connectivity index (χ1n) is 4.53. The van der Waals surface area contributed by atoms with Crippen molar-refractivity contribution in [3.05, 3.63) is 22.4 Å². The van der Waals surface area contributed by atoms with Crippen molar-refractivity contribution in [3.63, 3.8) is 0 Å². The van der Waals surface area contributed by atoms with Crippen molar-refractivity contribution in [3.8, 4) is 0 Å². The molecule has 15 heavy (non-hydrogen) atoms. The summed E-state index contributed by atoms with van der Waals surface area (Å²) in [6.45, 7) is 0.247. The topological polar surface area (TPSA) is 80.4 Å². The van der Waals surface area contributed by atoms with E-state index >= 15 is 0 Å². The van der Waals surface area contributed by atoms with Crippen molar-refractivity contribution in [2.24, 2.45) is 5.73 Å². The standard InChI is InChI=1S/C9H15NO3S2/c1-15(12,13)6-8(11)7(5-10)9-3-2-4-14-9/h2-4,7-8,11H,5-6,10H2,1H3. The molecule has 2 atom stereocenters. The molecule has 4 nitrogen and oxygen atoms in total. The summed E-state index contributed by atoms with van der Waals surface area (Å²) in [4.78, 5) is 0.925. The fourth-order valence-electron chi connectivity index (χ4n) is 1.39. The molecule has 2 unspecified atom stereocenters. The van der Waals surface area contributed by atoms with E-state index in [2.05, 4.69) is 0 Å². The van der Waals surface area contributed by atoms with Gasteiger partial charge in [-0.2, -0.15) is 0 Å². The molecular formula is C9H15NO3S2. The number of aliphatic hydroxyl groups is 1. The van der Waals surface area contributed by atoms with E-state index in [-0.39, 0.29) is 18.2 Å². The molecule has 0 saturated heterocycles. The number of hydrogen-bond donors (Lipinski definition) is 2. The van der Waals surface area contributed by atoms with Gasteiger partial charge in [-0.25, -0.2) is 8.42 Å². The van der Waals surface area contributed by atoms with Gasteiger partial charge in [0.05, 0.1) is 11.9 Å². The average Bonchev–Trinajstić information content (AvgIpc) is 2.54. The van der Waals surface area contributed by atoms with E-state index in [0.717, 1.165) is 11.1 Å². The molecule has 0 fully saturated rings. The zero-order chi connectivity index (χ0) is 11.5. The summed E-state index contributed by atoms with van der Waals surface area (Å²) in [5.41, 5.74) is 5.54. The maximum absolute atomic E-state index is 11.0. The second-order valence-electron chi connectivity index (χ2n) is 3.52. The van der Waals surface area contributed by atoms with Crippen molar-refractivity contribution >= 4 is 21.2 Å². The zero-order valence-corrected chi connectivity index (χ0v) is 10.1. The summed E-state index contributed by atoms with van der Waals surface area (Å²) >= 11 is 1.48. The minimum Gasteiger partial charge on any atom is -0.391 e. The first-order valence-corrected chi connectivity index (χ1v) is 7.47. The maximum atomic E-state index is 11.0. The zero-order valence-electron chi connectivity index (χ0n) is 8.46. The van der Waals surface area contributed by atoms with E-state index in [9.17, 15) is 13.5 Å². The SMILES string of the molecule is CS(=O)(=O)CC(O)C(CN)c1cccs1. The molecule has 0 aliphatic carbocycles. The molecule has 1 rings (SSSR count). The van der Waals surface area contributed by atoms with Gasteiger partial charge < -0.3 is 10.8 Å². The van der Waals surface area contributed by atoms with Crippen LogP contribution in [-0.2, 0) is 9.84 Å². The first-order chi connectivity index (χ1) is 6.94. The summed E-state index contributed by atoms with van der Waals surface area (Å²) < 4.78 is 22.1. The van der Waals surface area contributed by atoms with Crippen LogP contribution in [0.4, 0.5) is 0 Å². The molecule has 0 aromatic carbocycles. The second kappa shape index (κ2) is 5.07. The molecule has 0 saturated carbocycles. The van der Waals surface area contributed by atoms with E-state index in [1.165, 1.54) is 11.3 Å². The molecule has 1 aromatic rings. The molecule has 0 amide bonds. The van der Waals surface area contributed by atoms with Gasteiger partial charge in [0.1, 0.15) is 9.84 Å². The van der Waals surface area contributed by atoms with Crippen LogP contribution in [0.25, 0.3) is 0 Å². The van der Waals surface area contributed by atoms with Crippen LogP contribution in [0.1, 0.15) is 10.8 Å². The van der Waals surface area contributed by atoms with Gasteiger partial charge in [0.25, 0.3) is 0 Å². The Hall–Kier alpha value is -0.430. The third-order valence-corrected chi connectivity index (χ3v) is 4.05. The Morgan fingerprint density at radius 1 is 1.60 bits per heavy atom. The molecule has 3 N–H and O–H groups in total. The highest BCUT2D eigenvalue weighted by Gasteiger charge is 2.24. The number of rotatable bonds is 5. The predicted molar refractivity (Wildman–Crippen MR) is 61.8 cm³/mol. The highest BCUT2D eigenvalue weighted by Crippen LogP contribution is 2.24. The van der Waals surface area contributed by atoms with Gasteiger partial charge in [0.15, 0.2) is 0 Å². The Labute approximate surface area is 93.7 Å². The lowest BCUT2D eigenvalue weighted by molar-refractivity contribution is 0.168. The Morgan fingerprint density at radius 3 is 2.67 bits per heavy atom. The minimum atomic E-state index is -3.17. The Morgan fingerprint density at radius 2 is 2.27 bits per heavy atom. The smallest absolute Gasteiger partial charge is 0.150 e. The lowest BCUT2D eigenvalue weighted by atomic mass is 10.0. The molecular weight excluding hydrogens is 234 g/mol. The van der Waals surface area contributed by atoms with Gasteiger partial charge in [-0.1, -0.05) is 6.07 Å².